The van der Waals surface area contributed by atoms with Gasteiger partial charge in [0, 0.05) is 18.7 Å². The Kier molecular flexibility index (Phi) is 6.21. The summed E-state index contributed by atoms with van der Waals surface area (Å²) in [6.45, 7) is 9.61. The molecule has 0 saturated carbocycles. The summed E-state index contributed by atoms with van der Waals surface area (Å²) < 4.78 is 0. The number of benzene rings is 1. The first kappa shape index (κ1) is 16.7. The average molecular weight is 276 g/mol. The number of amides is 1. The SMILES string of the molecule is CNCc1ccc(NC(=O)CC(C)CC(C)(C)C)cc1. The van der Waals surface area contributed by atoms with E-state index in [1.807, 2.05) is 31.3 Å². The third kappa shape index (κ3) is 6.71. The van der Waals surface area contributed by atoms with Crippen molar-refractivity contribution in [1.29, 1.82) is 0 Å². The van der Waals surface area contributed by atoms with Gasteiger partial charge in [-0.2, -0.15) is 0 Å². The van der Waals surface area contributed by atoms with Gasteiger partial charge >= 0.3 is 0 Å². The molecule has 0 aliphatic rings. The molecule has 0 aromatic heterocycles. The Morgan fingerprint density at radius 1 is 1.20 bits per heavy atom. The standard InChI is InChI=1S/C17H28N2O/c1-13(11-17(2,3)4)10-16(20)19-15-8-6-14(7-9-15)12-18-5/h6-9,13,18H,10-12H2,1-5H3,(H,19,20). The van der Waals surface area contributed by atoms with Crippen molar-refractivity contribution in [2.75, 3.05) is 12.4 Å². The molecule has 0 radical (unpaired) electrons. The summed E-state index contributed by atoms with van der Waals surface area (Å²) >= 11 is 0. The van der Waals surface area contributed by atoms with Crippen molar-refractivity contribution >= 4 is 11.6 Å². The summed E-state index contributed by atoms with van der Waals surface area (Å²) in [4.78, 5) is 12.0. The molecular formula is C17H28N2O. The molecule has 1 unspecified atom stereocenters. The molecule has 2 N–H and O–H groups in total. The lowest BCUT2D eigenvalue weighted by Crippen LogP contribution is -2.18. The maximum absolute atomic E-state index is 12.0. The van der Waals surface area contributed by atoms with E-state index in [-0.39, 0.29) is 11.3 Å². The molecule has 3 nitrogen and oxygen atoms in total. The molecule has 112 valence electrons. The molecule has 1 aromatic rings. The maximum atomic E-state index is 12.0. The summed E-state index contributed by atoms with van der Waals surface area (Å²) in [5.74, 6) is 0.502. The number of anilines is 1. The first-order chi connectivity index (χ1) is 9.30. The monoisotopic (exact) mass is 276 g/mol. The van der Waals surface area contributed by atoms with E-state index in [0.717, 1.165) is 18.7 Å². The minimum Gasteiger partial charge on any atom is -0.326 e. The van der Waals surface area contributed by atoms with Crippen LogP contribution in [0, 0.1) is 11.3 Å². The van der Waals surface area contributed by atoms with Gasteiger partial charge in [0.25, 0.3) is 0 Å². The third-order valence-corrected chi connectivity index (χ3v) is 3.11. The number of carbonyl (C=O) groups excluding carboxylic acids is 1. The molecule has 3 heteroatoms. The van der Waals surface area contributed by atoms with Crippen molar-refractivity contribution < 1.29 is 4.79 Å². The normalized spacial score (nSPS) is 13.1. The average Bonchev–Trinajstić information content (AvgIpc) is 2.29. The molecule has 20 heavy (non-hydrogen) atoms. The van der Waals surface area contributed by atoms with Crippen LogP contribution in [0.25, 0.3) is 0 Å². The summed E-state index contributed by atoms with van der Waals surface area (Å²) in [5.41, 5.74) is 2.36. The van der Waals surface area contributed by atoms with Crippen LogP contribution in [0.5, 0.6) is 0 Å². The highest BCUT2D eigenvalue weighted by atomic mass is 16.1. The van der Waals surface area contributed by atoms with Gasteiger partial charge in [-0.15, -0.1) is 0 Å². The Morgan fingerprint density at radius 2 is 1.80 bits per heavy atom. The Hall–Kier alpha value is -1.35. The fourth-order valence-electron chi connectivity index (χ4n) is 2.56. The maximum Gasteiger partial charge on any atom is 0.224 e. The Morgan fingerprint density at radius 3 is 2.30 bits per heavy atom. The third-order valence-electron chi connectivity index (χ3n) is 3.11. The van der Waals surface area contributed by atoms with E-state index in [0.29, 0.717) is 12.3 Å². The smallest absolute Gasteiger partial charge is 0.224 e. The second-order valence-electron chi connectivity index (χ2n) is 6.85. The number of carbonyl (C=O) groups is 1. The lowest BCUT2D eigenvalue weighted by Gasteiger charge is -2.22. The number of rotatable bonds is 6. The molecule has 0 heterocycles. The zero-order chi connectivity index (χ0) is 15.2. The minimum absolute atomic E-state index is 0.100. The zero-order valence-electron chi connectivity index (χ0n) is 13.4. The molecule has 0 aliphatic heterocycles. The molecule has 1 rings (SSSR count). The Balaban J connectivity index is 2.45. The van der Waals surface area contributed by atoms with Crippen molar-refractivity contribution in [3.05, 3.63) is 29.8 Å². The van der Waals surface area contributed by atoms with Gasteiger partial charge in [-0.25, -0.2) is 0 Å². The van der Waals surface area contributed by atoms with Crippen molar-refractivity contribution in [2.45, 2.75) is 47.1 Å². The molecular weight excluding hydrogens is 248 g/mol. The second-order valence-corrected chi connectivity index (χ2v) is 6.85. The molecule has 0 aliphatic carbocycles. The van der Waals surface area contributed by atoms with Gasteiger partial charge in [0.15, 0.2) is 0 Å². The van der Waals surface area contributed by atoms with Gasteiger partial charge in [0.1, 0.15) is 0 Å². The molecule has 0 fully saturated rings. The molecule has 1 atom stereocenters. The molecule has 0 saturated heterocycles. The lowest BCUT2D eigenvalue weighted by molar-refractivity contribution is -0.117. The number of hydrogen-bond acceptors (Lipinski definition) is 2. The highest BCUT2D eigenvalue weighted by Gasteiger charge is 2.17. The number of hydrogen-bond donors (Lipinski definition) is 2. The lowest BCUT2D eigenvalue weighted by atomic mass is 9.84. The largest absolute Gasteiger partial charge is 0.326 e. The van der Waals surface area contributed by atoms with Crippen LogP contribution in [0.3, 0.4) is 0 Å². The summed E-state index contributed by atoms with van der Waals surface area (Å²) in [6.07, 6.45) is 1.64. The summed E-state index contributed by atoms with van der Waals surface area (Å²) in [7, 11) is 1.92. The predicted molar refractivity (Wildman–Crippen MR) is 85.7 cm³/mol. The predicted octanol–water partition coefficient (Wildman–Crippen LogP) is 3.81. The molecule has 0 spiro atoms. The minimum atomic E-state index is 0.100. The summed E-state index contributed by atoms with van der Waals surface area (Å²) in [5, 5.41) is 6.07. The molecule has 1 amide bonds. The van der Waals surface area contributed by atoms with Crippen molar-refractivity contribution in [3.8, 4) is 0 Å². The molecule has 1 aromatic carbocycles. The van der Waals surface area contributed by atoms with Crippen LogP contribution in [0.1, 0.15) is 46.1 Å². The Bertz CT molecular complexity index is 418. The van der Waals surface area contributed by atoms with Crippen molar-refractivity contribution in [3.63, 3.8) is 0 Å². The Labute approximate surface area is 123 Å². The van der Waals surface area contributed by atoms with Gasteiger partial charge in [-0.05, 0) is 42.5 Å². The van der Waals surface area contributed by atoms with Gasteiger partial charge in [-0.3, -0.25) is 4.79 Å². The highest BCUT2D eigenvalue weighted by molar-refractivity contribution is 5.90. The van der Waals surface area contributed by atoms with E-state index >= 15 is 0 Å². The van der Waals surface area contributed by atoms with Crippen LogP contribution in [-0.4, -0.2) is 13.0 Å². The fraction of sp³-hybridized carbons (Fsp3) is 0.588. The van der Waals surface area contributed by atoms with E-state index in [1.54, 1.807) is 0 Å². The zero-order valence-corrected chi connectivity index (χ0v) is 13.4. The van der Waals surface area contributed by atoms with E-state index in [2.05, 4.69) is 38.3 Å². The van der Waals surface area contributed by atoms with Gasteiger partial charge in [0.05, 0.1) is 0 Å². The van der Waals surface area contributed by atoms with Crippen LogP contribution in [0.15, 0.2) is 24.3 Å². The van der Waals surface area contributed by atoms with Crippen LogP contribution >= 0.6 is 0 Å². The van der Waals surface area contributed by atoms with Crippen LogP contribution in [-0.2, 0) is 11.3 Å². The van der Waals surface area contributed by atoms with Crippen molar-refractivity contribution in [1.82, 2.24) is 5.32 Å². The fourth-order valence-corrected chi connectivity index (χ4v) is 2.56. The first-order valence-corrected chi connectivity index (χ1v) is 7.33. The van der Waals surface area contributed by atoms with E-state index in [9.17, 15) is 4.79 Å². The van der Waals surface area contributed by atoms with Gasteiger partial charge in [0.2, 0.25) is 5.91 Å². The van der Waals surface area contributed by atoms with E-state index < -0.39 is 0 Å². The first-order valence-electron chi connectivity index (χ1n) is 7.33. The van der Waals surface area contributed by atoms with E-state index in [1.165, 1.54) is 5.56 Å². The van der Waals surface area contributed by atoms with Crippen LogP contribution in [0.2, 0.25) is 0 Å². The van der Waals surface area contributed by atoms with Crippen molar-refractivity contribution in [2.24, 2.45) is 11.3 Å². The van der Waals surface area contributed by atoms with Gasteiger partial charge < -0.3 is 10.6 Å². The summed E-state index contributed by atoms with van der Waals surface area (Å²) in [6, 6.07) is 7.98. The molecule has 0 bridgehead atoms. The van der Waals surface area contributed by atoms with Gasteiger partial charge in [-0.1, -0.05) is 39.8 Å². The quantitative estimate of drug-likeness (QED) is 0.829. The topological polar surface area (TPSA) is 41.1 Å². The second kappa shape index (κ2) is 7.44. The van der Waals surface area contributed by atoms with Crippen LogP contribution < -0.4 is 10.6 Å². The van der Waals surface area contributed by atoms with Crippen LogP contribution in [0.4, 0.5) is 5.69 Å². The highest BCUT2D eigenvalue weighted by Crippen LogP contribution is 2.26. The van der Waals surface area contributed by atoms with E-state index in [4.69, 9.17) is 0 Å². The number of nitrogens with one attached hydrogen (secondary N) is 2.